The molecule has 0 aliphatic carbocycles. The maximum Gasteiger partial charge on any atom is 0.162 e. The highest BCUT2D eigenvalue weighted by molar-refractivity contribution is 7.65. The van der Waals surface area contributed by atoms with Crippen LogP contribution in [0.2, 0.25) is 0 Å². The molecule has 2 heteroatoms. The summed E-state index contributed by atoms with van der Waals surface area (Å²) < 4.78 is 0. The topological polar surface area (TPSA) is 17.1 Å². The standard InChI is InChI=1S/C27H47OP.C2H6/c1-8-11-13-15-22(16-14-12-9-2)23-17-19-24(20-18-23)29-25(28)27(7,21-10-3)26(4,5)6;1-2/h17-20,22,29H,8-16,21H2,1-7H3;1-2H3. The van der Waals surface area contributed by atoms with E-state index in [9.17, 15) is 4.79 Å². The van der Waals surface area contributed by atoms with Crippen LogP contribution in [0.15, 0.2) is 24.3 Å². The molecular formula is C29H53OP. The second-order valence-electron chi connectivity index (χ2n) is 10.1. The van der Waals surface area contributed by atoms with Crippen molar-refractivity contribution in [3.63, 3.8) is 0 Å². The first-order chi connectivity index (χ1) is 14.7. The number of rotatable bonds is 14. The summed E-state index contributed by atoms with van der Waals surface area (Å²) in [6.45, 7) is 19.6. The molecule has 0 spiro atoms. The van der Waals surface area contributed by atoms with Crippen molar-refractivity contribution in [2.45, 2.75) is 132 Å². The van der Waals surface area contributed by atoms with Crippen LogP contribution in [-0.2, 0) is 4.79 Å². The van der Waals surface area contributed by atoms with Crippen molar-refractivity contribution in [3.05, 3.63) is 29.8 Å². The van der Waals surface area contributed by atoms with Crippen LogP contribution in [0, 0.1) is 10.8 Å². The Morgan fingerprint density at radius 3 is 1.68 bits per heavy atom. The Kier molecular flexibility index (Phi) is 15.7. The summed E-state index contributed by atoms with van der Waals surface area (Å²) in [6, 6.07) is 9.08. The molecule has 0 bridgehead atoms. The van der Waals surface area contributed by atoms with E-state index in [1.807, 2.05) is 13.8 Å². The van der Waals surface area contributed by atoms with Crippen molar-refractivity contribution >= 4 is 19.4 Å². The Hall–Kier alpha value is -0.680. The molecule has 0 N–H and O–H groups in total. The van der Waals surface area contributed by atoms with Gasteiger partial charge in [-0.2, -0.15) is 0 Å². The fourth-order valence-corrected chi connectivity index (χ4v) is 5.57. The van der Waals surface area contributed by atoms with Crippen LogP contribution in [0.4, 0.5) is 0 Å². The first kappa shape index (κ1) is 30.3. The molecule has 1 aromatic rings. The number of carbonyl (C=O) groups excluding carboxylic acids is 1. The minimum Gasteiger partial charge on any atom is -0.294 e. The highest BCUT2D eigenvalue weighted by Gasteiger charge is 2.42. The lowest BCUT2D eigenvalue weighted by atomic mass is 9.66. The van der Waals surface area contributed by atoms with Gasteiger partial charge >= 0.3 is 0 Å². The molecular weight excluding hydrogens is 395 g/mol. The van der Waals surface area contributed by atoms with Crippen LogP contribution < -0.4 is 5.30 Å². The molecule has 1 aromatic carbocycles. The van der Waals surface area contributed by atoms with Gasteiger partial charge in [-0.1, -0.05) is 132 Å². The quantitative estimate of drug-likeness (QED) is 0.204. The van der Waals surface area contributed by atoms with Gasteiger partial charge in [0.15, 0.2) is 5.52 Å². The monoisotopic (exact) mass is 448 g/mol. The fourth-order valence-electron chi connectivity index (χ4n) is 4.20. The molecule has 0 amide bonds. The van der Waals surface area contributed by atoms with Gasteiger partial charge < -0.3 is 0 Å². The number of unbranched alkanes of at least 4 members (excludes halogenated alkanes) is 4. The van der Waals surface area contributed by atoms with Crippen LogP contribution in [0.1, 0.15) is 138 Å². The van der Waals surface area contributed by atoms with Gasteiger partial charge in [0.1, 0.15) is 0 Å². The molecule has 0 heterocycles. The zero-order chi connectivity index (χ0) is 23.9. The first-order valence-electron chi connectivity index (χ1n) is 13.1. The second kappa shape index (κ2) is 16.0. The summed E-state index contributed by atoms with van der Waals surface area (Å²) in [5, 5.41) is 1.20. The summed E-state index contributed by atoms with van der Waals surface area (Å²) in [4.78, 5) is 13.3. The van der Waals surface area contributed by atoms with Crippen molar-refractivity contribution in [2.24, 2.45) is 10.8 Å². The molecule has 1 nitrogen and oxygen atoms in total. The number of benzene rings is 1. The maximum absolute atomic E-state index is 13.3. The molecule has 0 saturated heterocycles. The molecule has 0 radical (unpaired) electrons. The zero-order valence-electron chi connectivity index (χ0n) is 22.4. The molecule has 2 unspecified atom stereocenters. The molecule has 0 saturated carbocycles. The highest BCUT2D eigenvalue weighted by atomic mass is 31.1. The van der Waals surface area contributed by atoms with Gasteiger partial charge in [0.25, 0.3) is 0 Å². The highest BCUT2D eigenvalue weighted by Crippen LogP contribution is 2.46. The van der Waals surface area contributed by atoms with Gasteiger partial charge in [-0.3, -0.25) is 4.79 Å². The molecule has 1 rings (SSSR count). The van der Waals surface area contributed by atoms with Gasteiger partial charge in [0, 0.05) is 5.41 Å². The van der Waals surface area contributed by atoms with Gasteiger partial charge in [-0.25, -0.2) is 0 Å². The van der Waals surface area contributed by atoms with E-state index in [1.54, 1.807) is 0 Å². The van der Waals surface area contributed by atoms with Crippen molar-refractivity contribution in [3.8, 4) is 0 Å². The minimum atomic E-state index is -0.248. The van der Waals surface area contributed by atoms with Crippen LogP contribution in [0.3, 0.4) is 0 Å². The molecule has 180 valence electrons. The lowest BCUT2D eigenvalue weighted by Gasteiger charge is -2.40. The summed E-state index contributed by atoms with van der Waals surface area (Å²) in [5.74, 6) is 0.682. The average Bonchev–Trinajstić information content (AvgIpc) is 2.74. The second-order valence-corrected chi connectivity index (χ2v) is 11.4. The van der Waals surface area contributed by atoms with Gasteiger partial charge in [-0.15, -0.1) is 0 Å². The number of hydrogen-bond acceptors (Lipinski definition) is 1. The van der Waals surface area contributed by atoms with E-state index < -0.39 is 0 Å². The molecule has 0 aliphatic rings. The van der Waals surface area contributed by atoms with E-state index in [4.69, 9.17) is 0 Å². The Bertz CT molecular complexity index is 574. The molecule has 0 fully saturated rings. The SMILES string of the molecule is CC.CCCCCC(CCCCC)c1ccc(PC(=O)C(C)(CCC)C(C)(C)C)cc1. The minimum absolute atomic E-state index is 0.00329. The maximum atomic E-state index is 13.3. The third kappa shape index (κ3) is 10.2. The summed E-state index contributed by atoms with van der Waals surface area (Å²) in [5.41, 5.74) is 1.64. The van der Waals surface area contributed by atoms with E-state index in [1.165, 1.54) is 62.2 Å². The van der Waals surface area contributed by atoms with E-state index in [0.29, 0.717) is 11.4 Å². The number of hydrogen-bond donors (Lipinski definition) is 0. The lowest BCUT2D eigenvalue weighted by Crippen LogP contribution is -2.39. The fraction of sp³-hybridized carbons (Fsp3) is 0.759. The Morgan fingerprint density at radius 1 is 0.806 bits per heavy atom. The van der Waals surface area contributed by atoms with E-state index >= 15 is 0 Å². The third-order valence-electron chi connectivity index (χ3n) is 6.86. The van der Waals surface area contributed by atoms with Crippen molar-refractivity contribution in [1.29, 1.82) is 0 Å². The van der Waals surface area contributed by atoms with Crippen molar-refractivity contribution in [1.82, 2.24) is 0 Å². The lowest BCUT2D eigenvalue weighted by molar-refractivity contribution is -0.125. The first-order valence-corrected chi connectivity index (χ1v) is 14.1. The molecule has 31 heavy (non-hydrogen) atoms. The van der Waals surface area contributed by atoms with E-state index in [2.05, 4.69) is 72.7 Å². The van der Waals surface area contributed by atoms with Crippen LogP contribution in [0.25, 0.3) is 0 Å². The van der Waals surface area contributed by atoms with Gasteiger partial charge in [0.05, 0.1) is 0 Å². The summed E-state index contributed by atoms with van der Waals surface area (Å²) >= 11 is 0. The molecule has 0 aliphatic heterocycles. The average molecular weight is 449 g/mol. The number of carbonyl (C=O) groups is 1. The van der Waals surface area contributed by atoms with Gasteiger partial charge in [0.2, 0.25) is 0 Å². The molecule has 0 aromatic heterocycles. The van der Waals surface area contributed by atoms with Crippen LogP contribution in [-0.4, -0.2) is 5.52 Å². The smallest absolute Gasteiger partial charge is 0.162 e. The predicted octanol–water partition coefficient (Wildman–Crippen LogP) is 9.64. The predicted molar refractivity (Wildman–Crippen MR) is 144 cm³/mol. The van der Waals surface area contributed by atoms with E-state index in [-0.39, 0.29) is 19.4 Å². The van der Waals surface area contributed by atoms with Crippen LogP contribution >= 0.6 is 8.58 Å². The van der Waals surface area contributed by atoms with Crippen LogP contribution in [0.5, 0.6) is 0 Å². The van der Waals surface area contributed by atoms with Crippen molar-refractivity contribution in [2.75, 3.05) is 0 Å². The third-order valence-corrected chi connectivity index (χ3v) is 8.26. The summed E-state index contributed by atoms with van der Waals surface area (Å²) in [7, 11) is 0.266. The Labute approximate surface area is 197 Å². The summed E-state index contributed by atoms with van der Waals surface area (Å²) in [6.07, 6.45) is 12.5. The zero-order valence-corrected chi connectivity index (χ0v) is 23.4. The van der Waals surface area contributed by atoms with Crippen molar-refractivity contribution < 1.29 is 4.79 Å². The van der Waals surface area contributed by atoms with E-state index in [0.717, 1.165) is 12.8 Å². The molecule has 2 atom stereocenters. The largest absolute Gasteiger partial charge is 0.294 e. The van der Waals surface area contributed by atoms with Gasteiger partial charge in [-0.05, 0) is 50.0 Å². The Balaban J connectivity index is 0.00000436. The Morgan fingerprint density at radius 2 is 1.29 bits per heavy atom. The normalized spacial score (nSPS) is 13.9.